The Bertz CT molecular complexity index is 1150. The predicted molar refractivity (Wildman–Crippen MR) is 186 cm³/mol. The monoisotopic (exact) mass is 710 g/mol. The second-order valence-electron chi connectivity index (χ2n) is 13.8. The molecule has 242 valence electrons. The van der Waals surface area contributed by atoms with Gasteiger partial charge in [0.15, 0.2) is 0 Å². The van der Waals surface area contributed by atoms with Crippen molar-refractivity contribution in [3.8, 4) is 11.8 Å². The normalized spacial score (nSPS) is 16.4. The van der Waals surface area contributed by atoms with Gasteiger partial charge in [0.05, 0.1) is 0 Å². The molecule has 1 fully saturated rings. The van der Waals surface area contributed by atoms with Gasteiger partial charge in [-0.25, -0.2) is 0 Å². The Labute approximate surface area is 272 Å². The molecule has 1 heterocycles. The molecule has 2 aromatic rings. The fraction of sp³-hybridized carbons (Fsp3) is 0.605. The number of amides is 1. The summed E-state index contributed by atoms with van der Waals surface area (Å²) in [5.41, 5.74) is 1.15. The molecule has 0 bridgehead atoms. The number of carbonyl (C=O) groups excluding carboxylic acids is 1. The molecule has 1 atom stereocenters. The van der Waals surface area contributed by atoms with Gasteiger partial charge in [-0.2, -0.15) is 0 Å². The molecule has 1 amide bonds. The van der Waals surface area contributed by atoms with Crippen molar-refractivity contribution in [1.29, 1.82) is 0 Å². The van der Waals surface area contributed by atoms with Crippen LogP contribution in [0.4, 0.5) is 4.79 Å². The summed E-state index contributed by atoms with van der Waals surface area (Å²) in [6.45, 7) is 17.7. The third-order valence-corrected chi connectivity index (χ3v) is 25.4. The zero-order valence-corrected chi connectivity index (χ0v) is 31.5. The summed E-state index contributed by atoms with van der Waals surface area (Å²) in [4.78, 5) is 18.6. The average molecular weight is 710 g/mol. The van der Waals surface area contributed by atoms with Crippen molar-refractivity contribution in [2.24, 2.45) is 0 Å². The standard InChI is InChI=1S/C26H31N2O3.3C4H9.Sn/c1-25(2)21-31-26(3,4)28(25)24(29)30-19-18-27(20-23-14-9-6-10-15-23)17-11-16-22-12-7-5-8-13-22;3*1-3-4-2;/h5-10,12-15,19H,17-18,20-21H2,1-4H3;3*1,3-4H2,2H3;. The molecule has 0 saturated carbocycles. The molecule has 5 nitrogen and oxygen atoms in total. The summed E-state index contributed by atoms with van der Waals surface area (Å²) in [5.74, 6) is 6.85. The number of benzene rings is 2. The predicted octanol–water partition coefficient (Wildman–Crippen LogP) is 9.28. The van der Waals surface area contributed by atoms with Gasteiger partial charge < -0.3 is 0 Å². The Balaban J connectivity index is 2.04. The van der Waals surface area contributed by atoms with E-state index in [0.29, 0.717) is 13.2 Å². The molecule has 0 N–H and O–H groups in total. The average Bonchev–Trinajstić information content (AvgIpc) is 3.24. The molecule has 44 heavy (non-hydrogen) atoms. The first-order chi connectivity index (χ1) is 21.1. The van der Waals surface area contributed by atoms with Gasteiger partial charge in [-0.3, -0.25) is 0 Å². The molecule has 1 aliphatic heterocycles. The van der Waals surface area contributed by atoms with E-state index in [0.717, 1.165) is 18.7 Å². The van der Waals surface area contributed by atoms with Crippen LogP contribution in [0.15, 0.2) is 60.7 Å². The maximum absolute atomic E-state index is 14.3. The quantitative estimate of drug-likeness (QED) is 0.129. The first-order valence-corrected chi connectivity index (χ1v) is 24.7. The van der Waals surface area contributed by atoms with Crippen LogP contribution < -0.4 is 0 Å². The molecule has 0 unspecified atom stereocenters. The third-order valence-electron chi connectivity index (χ3n) is 9.10. The Morgan fingerprint density at radius 2 is 1.45 bits per heavy atom. The van der Waals surface area contributed by atoms with Crippen molar-refractivity contribution >= 4 is 24.5 Å². The molecule has 3 rings (SSSR count). The van der Waals surface area contributed by atoms with E-state index in [1.807, 2.05) is 36.9 Å². The van der Waals surface area contributed by atoms with Gasteiger partial charge in [-0.15, -0.1) is 0 Å². The zero-order chi connectivity index (χ0) is 32.1. The van der Waals surface area contributed by atoms with Crippen molar-refractivity contribution in [2.45, 2.75) is 122 Å². The van der Waals surface area contributed by atoms with Crippen molar-refractivity contribution in [1.82, 2.24) is 9.80 Å². The number of nitrogens with zero attached hydrogens (tertiary/aromatic N) is 2. The third kappa shape index (κ3) is 10.5. The molecule has 1 aliphatic rings. The van der Waals surface area contributed by atoms with Crippen molar-refractivity contribution in [3.05, 3.63) is 71.8 Å². The summed E-state index contributed by atoms with van der Waals surface area (Å²) in [6, 6.07) is 20.9. The van der Waals surface area contributed by atoms with Gasteiger partial charge in [0, 0.05) is 0 Å². The first-order valence-electron chi connectivity index (χ1n) is 17.0. The molecular weight excluding hydrogens is 651 g/mol. The van der Waals surface area contributed by atoms with Gasteiger partial charge in [-0.05, 0) is 0 Å². The Kier molecular flexibility index (Phi) is 14.6. The first kappa shape index (κ1) is 36.5. The van der Waals surface area contributed by atoms with E-state index < -0.39 is 29.6 Å². The fourth-order valence-corrected chi connectivity index (χ4v) is 23.5. The molecule has 2 aromatic carbocycles. The summed E-state index contributed by atoms with van der Waals surface area (Å²) in [7, 11) is 0. The van der Waals surface area contributed by atoms with E-state index in [4.69, 9.17) is 9.47 Å². The summed E-state index contributed by atoms with van der Waals surface area (Å²) >= 11 is -3.09. The van der Waals surface area contributed by atoms with Crippen molar-refractivity contribution in [2.75, 3.05) is 19.7 Å². The van der Waals surface area contributed by atoms with Gasteiger partial charge in [-0.1, -0.05) is 0 Å². The van der Waals surface area contributed by atoms with E-state index in [-0.39, 0.29) is 10.2 Å². The van der Waals surface area contributed by atoms with Crippen molar-refractivity contribution < 1.29 is 14.3 Å². The Hall–Kier alpha value is -2.01. The van der Waals surface area contributed by atoms with Crippen LogP contribution >= 0.6 is 0 Å². The van der Waals surface area contributed by atoms with Crippen LogP contribution in [0.3, 0.4) is 0 Å². The molecule has 0 aliphatic carbocycles. The second-order valence-corrected chi connectivity index (χ2v) is 27.6. The maximum atomic E-state index is 14.3. The fourth-order valence-electron chi connectivity index (χ4n) is 6.69. The topological polar surface area (TPSA) is 42.0 Å². The van der Waals surface area contributed by atoms with Crippen LogP contribution in [0.5, 0.6) is 0 Å². The summed E-state index contributed by atoms with van der Waals surface area (Å²) < 4.78 is 16.8. The zero-order valence-electron chi connectivity index (χ0n) is 28.7. The van der Waals surface area contributed by atoms with Gasteiger partial charge >= 0.3 is 274 Å². The molecule has 1 saturated heterocycles. The minimum atomic E-state index is -3.09. The van der Waals surface area contributed by atoms with Crippen LogP contribution in [0.2, 0.25) is 13.3 Å². The van der Waals surface area contributed by atoms with Crippen LogP contribution in [-0.2, 0) is 16.0 Å². The molecule has 0 aromatic heterocycles. The number of hydrogen-bond acceptors (Lipinski definition) is 4. The van der Waals surface area contributed by atoms with Crippen LogP contribution in [0, 0.1) is 11.8 Å². The number of unbranched alkanes of at least 4 members (excludes halogenated alkanes) is 3. The van der Waals surface area contributed by atoms with E-state index in [9.17, 15) is 4.79 Å². The van der Waals surface area contributed by atoms with E-state index in [1.165, 1.54) is 57.4 Å². The second kappa shape index (κ2) is 17.6. The number of ether oxygens (including phenoxy) is 2. The van der Waals surface area contributed by atoms with Gasteiger partial charge in [0.1, 0.15) is 0 Å². The molecular formula is C38H58N2O3Sn. The van der Waals surface area contributed by atoms with E-state index >= 15 is 0 Å². The summed E-state index contributed by atoms with van der Waals surface area (Å²) in [6.07, 6.45) is 6.95. The van der Waals surface area contributed by atoms with Crippen LogP contribution in [-0.4, -0.2) is 69.4 Å². The molecule has 0 radical (unpaired) electrons. The van der Waals surface area contributed by atoms with Crippen LogP contribution in [0.1, 0.15) is 98.1 Å². The summed E-state index contributed by atoms with van der Waals surface area (Å²) in [5, 5.41) is 0. The SMILES string of the molecule is CCC[CH2][Sn]([CH2]CCC)([CH2]CCC)[C@@H](CN(CC#Cc1ccccc1)Cc1ccccc1)OC(=O)N1C(C)(C)COC1(C)C. The van der Waals surface area contributed by atoms with Crippen molar-refractivity contribution in [3.63, 3.8) is 0 Å². The minimum absolute atomic E-state index is 0.0594. The van der Waals surface area contributed by atoms with E-state index in [2.05, 4.69) is 93.8 Å². The number of hydrogen-bond donors (Lipinski definition) is 0. The Morgan fingerprint density at radius 1 is 0.909 bits per heavy atom. The van der Waals surface area contributed by atoms with Gasteiger partial charge in [0.25, 0.3) is 0 Å². The van der Waals surface area contributed by atoms with Crippen LogP contribution in [0.25, 0.3) is 0 Å². The van der Waals surface area contributed by atoms with E-state index in [1.54, 1.807) is 0 Å². The molecule has 6 heteroatoms. The molecule has 0 spiro atoms. The number of rotatable bonds is 16. The Morgan fingerprint density at radius 3 is 1.95 bits per heavy atom. The van der Waals surface area contributed by atoms with Gasteiger partial charge in [0.2, 0.25) is 0 Å². The number of carbonyl (C=O) groups is 1.